The van der Waals surface area contributed by atoms with Gasteiger partial charge in [-0.1, -0.05) is 132 Å². The molecule has 6 aromatic carbocycles. The molecule has 32 heteroatoms. The molecular formula is C61H58BrCl3F9N3O11S3Si2. The van der Waals surface area contributed by atoms with E-state index in [0.29, 0.717) is 87.0 Å². The third kappa shape index (κ3) is 24.5. The summed E-state index contributed by atoms with van der Waals surface area (Å²) in [5.74, 6) is -3.56. The molecule has 3 N–H and O–H groups in total. The summed E-state index contributed by atoms with van der Waals surface area (Å²) in [5, 5.41) is 22.3. The molecule has 0 saturated heterocycles. The zero-order valence-electron chi connectivity index (χ0n) is 50.0. The van der Waals surface area contributed by atoms with Crippen molar-refractivity contribution in [2.75, 3.05) is 20.3 Å². The lowest BCUT2D eigenvalue weighted by atomic mass is 10.2. The number of benzene rings is 6. The van der Waals surface area contributed by atoms with Crippen molar-refractivity contribution >= 4 is 154 Å². The van der Waals surface area contributed by atoms with E-state index in [-0.39, 0.29) is 35.4 Å². The summed E-state index contributed by atoms with van der Waals surface area (Å²) in [6.07, 6.45) is -14.2. The van der Waals surface area contributed by atoms with Crippen LogP contribution in [0.4, 0.5) is 39.5 Å². The normalized spacial score (nSPS) is 11.9. The van der Waals surface area contributed by atoms with Crippen molar-refractivity contribution in [3.8, 4) is 17.2 Å². The van der Waals surface area contributed by atoms with Crippen LogP contribution >= 0.6 is 86.9 Å². The second kappa shape index (κ2) is 32.5. The summed E-state index contributed by atoms with van der Waals surface area (Å²) in [6, 6.07) is 33.4. The molecule has 0 aliphatic carbocycles. The Morgan fingerprint density at radius 2 is 0.989 bits per heavy atom. The van der Waals surface area contributed by atoms with Gasteiger partial charge in [-0.05, 0) is 121 Å². The fraction of sp³-hybridized carbons (Fsp3) is 0.262. The van der Waals surface area contributed by atoms with E-state index in [4.69, 9.17) is 54.1 Å². The van der Waals surface area contributed by atoms with Crippen LogP contribution in [-0.4, -0.2) is 97.8 Å². The molecule has 0 atom stereocenters. The fourth-order valence-electron chi connectivity index (χ4n) is 8.23. The molecule has 14 nitrogen and oxygen atoms in total. The SMILES string of the molecule is COC(=O)c1cc2c(Br)cc(Cl)cc2n1COCC[Si](C)(C)C.C[Si](C)(C)CCOCn1c(C(=O)O)cc2c(Sc3cccc(OC(F)(F)F)c3)cc(Cl)cc21.FC(F)(F)Oc1cccc(S)c1.O=C(O)c1cc2c(Sc3cccc(OC(F)(F)F)c3)cc(Cl)cc2[nH]1. The van der Waals surface area contributed by atoms with E-state index < -0.39 is 53.1 Å². The summed E-state index contributed by atoms with van der Waals surface area (Å²) >= 11 is 28.2. The lowest BCUT2D eigenvalue weighted by Crippen LogP contribution is -2.22. The van der Waals surface area contributed by atoms with Gasteiger partial charge in [0, 0.05) is 95.1 Å². The molecule has 500 valence electrons. The van der Waals surface area contributed by atoms with Crippen molar-refractivity contribution in [2.24, 2.45) is 0 Å². The maximum absolute atomic E-state index is 12.6. The van der Waals surface area contributed by atoms with E-state index in [2.05, 4.69) is 87.0 Å². The number of aromatic carboxylic acids is 2. The highest BCUT2D eigenvalue weighted by atomic mass is 79.9. The first-order valence-electron chi connectivity index (χ1n) is 27.2. The van der Waals surface area contributed by atoms with Crippen LogP contribution in [0.3, 0.4) is 0 Å². The van der Waals surface area contributed by atoms with Crippen molar-refractivity contribution in [2.45, 2.75) is 108 Å². The van der Waals surface area contributed by atoms with E-state index in [1.165, 1.54) is 73.8 Å². The Labute approximate surface area is 566 Å². The Balaban J connectivity index is 0.000000206. The number of H-pyrrole nitrogens is 1. The number of ether oxygens (including phenoxy) is 6. The molecule has 0 amide bonds. The Kier molecular flexibility index (Phi) is 26.6. The van der Waals surface area contributed by atoms with Crippen LogP contribution in [0.1, 0.15) is 31.5 Å². The first-order chi connectivity index (χ1) is 43.2. The van der Waals surface area contributed by atoms with Crippen LogP contribution < -0.4 is 14.2 Å². The number of esters is 1. The number of halogens is 13. The molecule has 0 unspecified atom stereocenters. The summed E-state index contributed by atoms with van der Waals surface area (Å²) in [7, 11) is -1.08. The molecule has 3 heterocycles. The van der Waals surface area contributed by atoms with Crippen LogP contribution in [-0.2, 0) is 27.7 Å². The van der Waals surface area contributed by atoms with Gasteiger partial charge in [-0.25, -0.2) is 14.4 Å². The third-order valence-corrected chi connectivity index (χ3v) is 19.5. The topological polar surface area (TPSA) is 173 Å². The van der Waals surface area contributed by atoms with Crippen molar-refractivity contribution in [3.63, 3.8) is 0 Å². The Hall–Kier alpha value is -6.13. The number of nitrogens with one attached hydrogen (secondary N) is 1. The molecular weight excluding hydrogens is 1460 g/mol. The minimum absolute atomic E-state index is 0.00623. The van der Waals surface area contributed by atoms with E-state index in [9.17, 15) is 59.0 Å². The molecule has 0 aliphatic rings. The minimum Gasteiger partial charge on any atom is -0.477 e. The van der Waals surface area contributed by atoms with E-state index >= 15 is 0 Å². The van der Waals surface area contributed by atoms with E-state index in [1.807, 2.05) is 10.6 Å². The van der Waals surface area contributed by atoms with Gasteiger partial charge in [-0.2, -0.15) is 0 Å². The number of carboxylic acid groups (broad SMARTS) is 2. The third-order valence-electron chi connectivity index (χ3n) is 12.4. The van der Waals surface area contributed by atoms with E-state index in [0.717, 1.165) is 51.0 Å². The molecule has 0 spiro atoms. The second-order valence-electron chi connectivity index (χ2n) is 22.2. The van der Waals surface area contributed by atoms with Gasteiger partial charge in [0.1, 0.15) is 47.8 Å². The largest absolute Gasteiger partial charge is 0.573 e. The maximum atomic E-state index is 12.6. The zero-order chi connectivity index (χ0) is 69.0. The molecule has 0 bridgehead atoms. The number of carbonyl (C=O) groups is 3. The van der Waals surface area contributed by atoms with Crippen molar-refractivity contribution in [1.82, 2.24) is 14.1 Å². The highest BCUT2D eigenvalue weighted by Crippen LogP contribution is 2.41. The molecule has 9 aromatic rings. The number of methoxy groups -OCH3 is 1. The standard InChI is InChI=1S/C22H23ClF3NO4SSi.C16H21BrClNO3Si.C16H9ClF3NO3S.C7H5F3OS/c1-33(2,3)8-7-30-13-27-18-9-14(23)10-20(17(18)12-19(27)21(28)29)32-16-6-4-5-15(11-16)31-22(24,25)26;1-21-16(20)15-9-12-13(17)7-11(18)8-14(12)19(15)10-22-5-6-23(2,3)4;17-8-4-12-11(7-13(21-12)15(22)23)14(5-8)25-10-3-1-2-9(6-10)24-16(18,19)20;8-7(9,10)11-5-2-1-3-6(12)4-5/h4-6,9-12H,7-8,13H2,1-3H3,(H,28,29);7-9H,5-6,10H2,1-4H3;1-7,21H,(H,22,23);1-4,12H. The molecule has 0 fully saturated rings. The molecule has 0 aliphatic heterocycles. The van der Waals surface area contributed by atoms with Crippen LogP contribution in [0.15, 0.2) is 156 Å². The van der Waals surface area contributed by atoms with Crippen molar-refractivity contribution < 1.29 is 92.5 Å². The summed E-state index contributed by atoms with van der Waals surface area (Å²) in [5.41, 5.74) is 2.42. The predicted molar refractivity (Wildman–Crippen MR) is 353 cm³/mol. The van der Waals surface area contributed by atoms with Crippen LogP contribution in [0.25, 0.3) is 32.7 Å². The quantitative estimate of drug-likeness (QED) is 0.0187. The number of aromatic amines is 1. The number of rotatable bonds is 20. The predicted octanol–water partition coefficient (Wildman–Crippen LogP) is 21.0. The second-order valence-corrected chi connectivity index (χ2v) is 38.4. The summed E-state index contributed by atoms with van der Waals surface area (Å²) in [4.78, 5) is 40.4. The number of carboxylic acids is 2. The van der Waals surface area contributed by atoms with Crippen LogP contribution in [0.5, 0.6) is 17.2 Å². The van der Waals surface area contributed by atoms with Crippen LogP contribution in [0.2, 0.25) is 66.4 Å². The average Bonchev–Trinajstić information content (AvgIpc) is 1.66. The summed E-state index contributed by atoms with van der Waals surface area (Å²) in [6.45, 7) is 15.1. The lowest BCUT2D eigenvalue weighted by molar-refractivity contribution is -0.275. The fourth-order valence-corrected chi connectivity index (χ4v) is 13.5. The number of aromatic nitrogens is 3. The first-order valence-corrected chi connectivity index (χ1v) is 38.6. The van der Waals surface area contributed by atoms with Gasteiger partial charge in [0.2, 0.25) is 0 Å². The van der Waals surface area contributed by atoms with Crippen LogP contribution in [0, 0.1) is 0 Å². The number of nitrogens with zero attached hydrogens (tertiary/aromatic N) is 2. The van der Waals surface area contributed by atoms with Crippen molar-refractivity contribution in [3.05, 3.63) is 164 Å². The number of hydrogen-bond donors (Lipinski definition) is 4. The molecule has 9 rings (SSSR count). The number of carbonyl (C=O) groups excluding carboxylic acids is 1. The van der Waals surface area contributed by atoms with Crippen molar-refractivity contribution in [1.29, 1.82) is 0 Å². The zero-order valence-corrected chi connectivity index (χ0v) is 58.4. The average molecular weight is 1520 g/mol. The molecule has 0 saturated carbocycles. The lowest BCUT2D eigenvalue weighted by Gasteiger charge is -2.16. The smallest absolute Gasteiger partial charge is 0.477 e. The highest BCUT2D eigenvalue weighted by Gasteiger charge is 2.33. The van der Waals surface area contributed by atoms with Gasteiger partial charge < -0.3 is 52.8 Å². The Morgan fingerprint density at radius 3 is 1.44 bits per heavy atom. The number of thiol groups is 1. The molecule has 0 radical (unpaired) electrons. The maximum Gasteiger partial charge on any atom is 0.573 e. The number of hydrogen-bond acceptors (Lipinski definition) is 12. The first kappa shape index (κ1) is 75.9. The number of alkyl halides is 9. The highest BCUT2D eigenvalue weighted by molar-refractivity contribution is 9.10. The molecule has 93 heavy (non-hydrogen) atoms. The Bertz CT molecular complexity index is 4110. The Morgan fingerprint density at radius 1 is 0.559 bits per heavy atom. The van der Waals surface area contributed by atoms with Gasteiger partial charge in [-0.15, -0.1) is 52.1 Å². The van der Waals surface area contributed by atoms with Gasteiger partial charge in [0.05, 0.1) is 18.1 Å². The number of fused-ring (bicyclic) bond motifs is 3. The van der Waals surface area contributed by atoms with Gasteiger partial charge in [-0.3, -0.25) is 0 Å². The van der Waals surface area contributed by atoms with Gasteiger partial charge in [0.15, 0.2) is 0 Å². The molecule has 3 aromatic heterocycles. The monoisotopic (exact) mass is 1520 g/mol. The minimum atomic E-state index is -4.80. The van der Waals surface area contributed by atoms with E-state index in [1.54, 1.807) is 59.2 Å². The summed E-state index contributed by atoms with van der Waals surface area (Å²) < 4.78 is 142. The van der Waals surface area contributed by atoms with Gasteiger partial charge in [0.25, 0.3) is 0 Å². The van der Waals surface area contributed by atoms with Gasteiger partial charge >= 0.3 is 37.0 Å².